The number of ether oxygens (including phenoxy) is 1. The molecule has 0 heterocycles. The van der Waals surface area contributed by atoms with Gasteiger partial charge in [-0.25, -0.2) is 0 Å². The SMILES string of the molecule is CCCCNC(=O)c1cccc(NC(=O)CNc2ccc(Oc3ccccc3)cc2)c1. The molecule has 3 aromatic rings. The Morgan fingerprint density at radius 1 is 0.839 bits per heavy atom. The van der Waals surface area contributed by atoms with E-state index in [0.29, 0.717) is 17.8 Å². The van der Waals surface area contributed by atoms with E-state index in [-0.39, 0.29) is 18.4 Å². The van der Waals surface area contributed by atoms with Gasteiger partial charge in [0.2, 0.25) is 5.91 Å². The summed E-state index contributed by atoms with van der Waals surface area (Å²) in [6.45, 7) is 2.82. The molecule has 160 valence electrons. The van der Waals surface area contributed by atoms with Crippen LogP contribution in [0, 0.1) is 0 Å². The molecule has 2 amide bonds. The Morgan fingerprint density at radius 2 is 1.58 bits per heavy atom. The third-order valence-electron chi connectivity index (χ3n) is 4.51. The second-order valence-corrected chi connectivity index (χ2v) is 7.03. The van der Waals surface area contributed by atoms with Crippen molar-refractivity contribution < 1.29 is 14.3 Å². The fourth-order valence-electron chi connectivity index (χ4n) is 2.87. The van der Waals surface area contributed by atoms with Crippen LogP contribution in [0.15, 0.2) is 78.9 Å². The number of benzene rings is 3. The number of rotatable bonds is 10. The van der Waals surface area contributed by atoms with E-state index < -0.39 is 0 Å². The number of carbonyl (C=O) groups excluding carboxylic acids is 2. The number of anilines is 2. The minimum Gasteiger partial charge on any atom is -0.457 e. The molecular formula is C25H27N3O3. The van der Waals surface area contributed by atoms with Gasteiger partial charge in [-0.1, -0.05) is 37.6 Å². The third-order valence-corrected chi connectivity index (χ3v) is 4.51. The molecule has 3 rings (SSSR count). The van der Waals surface area contributed by atoms with Gasteiger partial charge in [0.1, 0.15) is 11.5 Å². The first kappa shape index (κ1) is 21.9. The summed E-state index contributed by atoms with van der Waals surface area (Å²) in [5.41, 5.74) is 1.91. The molecule has 0 fully saturated rings. The molecule has 0 aliphatic carbocycles. The maximum atomic E-state index is 12.3. The summed E-state index contributed by atoms with van der Waals surface area (Å²) in [7, 11) is 0. The number of hydrogen-bond acceptors (Lipinski definition) is 4. The zero-order valence-electron chi connectivity index (χ0n) is 17.6. The van der Waals surface area contributed by atoms with Crippen molar-refractivity contribution in [1.82, 2.24) is 5.32 Å². The topological polar surface area (TPSA) is 79.5 Å². The fourth-order valence-corrected chi connectivity index (χ4v) is 2.87. The Kier molecular flexibility index (Phi) is 8.05. The van der Waals surface area contributed by atoms with Crippen molar-refractivity contribution in [1.29, 1.82) is 0 Å². The van der Waals surface area contributed by atoms with E-state index in [2.05, 4.69) is 22.9 Å². The van der Waals surface area contributed by atoms with E-state index >= 15 is 0 Å². The number of unbranched alkanes of at least 4 members (excludes halogenated alkanes) is 1. The highest BCUT2D eigenvalue weighted by Crippen LogP contribution is 2.22. The first-order chi connectivity index (χ1) is 15.1. The molecular weight excluding hydrogens is 390 g/mol. The molecule has 0 spiro atoms. The van der Waals surface area contributed by atoms with Crippen LogP contribution in [0.3, 0.4) is 0 Å². The van der Waals surface area contributed by atoms with Gasteiger partial charge >= 0.3 is 0 Å². The zero-order chi connectivity index (χ0) is 21.9. The van der Waals surface area contributed by atoms with Crippen LogP contribution in [0.5, 0.6) is 11.5 Å². The van der Waals surface area contributed by atoms with Crippen molar-refractivity contribution in [3.63, 3.8) is 0 Å². The summed E-state index contributed by atoms with van der Waals surface area (Å²) < 4.78 is 5.76. The molecule has 0 aromatic heterocycles. The second-order valence-electron chi connectivity index (χ2n) is 7.03. The van der Waals surface area contributed by atoms with Crippen molar-refractivity contribution in [3.8, 4) is 11.5 Å². The highest BCUT2D eigenvalue weighted by molar-refractivity contribution is 5.98. The second kappa shape index (κ2) is 11.4. The number of nitrogens with one attached hydrogen (secondary N) is 3. The van der Waals surface area contributed by atoms with E-state index in [1.165, 1.54) is 0 Å². The molecule has 0 saturated carbocycles. The summed E-state index contributed by atoms with van der Waals surface area (Å²) in [5.74, 6) is 1.15. The Labute approximate surface area is 182 Å². The molecule has 0 saturated heterocycles. The average molecular weight is 418 g/mol. The summed E-state index contributed by atoms with van der Waals surface area (Å²) in [6, 6.07) is 23.9. The minimum atomic E-state index is -0.201. The van der Waals surface area contributed by atoms with Crippen LogP contribution in [0.2, 0.25) is 0 Å². The lowest BCUT2D eigenvalue weighted by Gasteiger charge is -2.10. The van der Waals surface area contributed by atoms with Crippen LogP contribution in [-0.2, 0) is 4.79 Å². The highest BCUT2D eigenvalue weighted by atomic mass is 16.5. The lowest BCUT2D eigenvalue weighted by atomic mass is 10.2. The average Bonchev–Trinajstić information content (AvgIpc) is 2.79. The molecule has 0 radical (unpaired) electrons. The van der Waals surface area contributed by atoms with Gasteiger partial charge in [-0.2, -0.15) is 0 Å². The third kappa shape index (κ3) is 7.19. The Bertz CT molecular complexity index is 988. The van der Waals surface area contributed by atoms with Crippen molar-refractivity contribution >= 4 is 23.2 Å². The summed E-state index contributed by atoms with van der Waals surface area (Å²) in [4.78, 5) is 24.5. The van der Waals surface area contributed by atoms with Gasteiger partial charge in [0.15, 0.2) is 0 Å². The van der Waals surface area contributed by atoms with Crippen LogP contribution < -0.4 is 20.7 Å². The fraction of sp³-hybridized carbons (Fsp3) is 0.200. The molecule has 3 N–H and O–H groups in total. The van der Waals surface area contributed by atoms with Crippen LogP contribution in [0.25, 0.3) is 0 Å². The van der Waals surface area contributed by atoms with Gasteiger partial charge in [-0.15, -0.1) is 0 Å². The number of amides is 2. The zero-order valence-corrected chi connectivity index (χ0v) is 17.6. The van der Waals surface area contributed by atoms with Gasteiger partial charge < -0.3 is 20.7 Å². The summed E-state index contributed by atoms with van der Waals surface area (Å²) in [5, 5.41) is 8.77. The Balaban J connectivity index is 1.47. The molecule has 0 aliphatic rings. The van der Waals surface area contributed by atoms with Crippen LogP contribution >= 0.6 is 0 Å². The van der Waals surface area contributed by atoms with Crippen molar-refractivity contribution in [2.24, 2.45) is 0 Å². The Morgan fingerprint density at radius 3 is 2.32 bits per heavy atom. The maximum Gasteiger partial charge on any atom is 0.251 e. The molecule has 6 nitrogen and oxygen atoms in total. The van der Waals surface area contributed by atoms with Gasteiger partial charge in [0, 0.05) is 23.5 Å². The molecule has 0 atom stereocenters. The lowest BCUT2D eigenvalue weighted by molar-refractivity contribution is -0.114. The Hall–Kier alpha value is -3.80. The van der Waals surface area contributed by atoms with Crippen LogP contribution in [0.1, 0.15) is 30.1 Å². The smallest absolute Gasteiger partial charge is 0.251 e. The van der Waals surface area contributed by atoms with E-state index in [1.807, 2.05) is 54.6 Å². The van der Waals surface area contributed by atoms with Gasteiger partial charge in [-0.05, 0) is 61.0 Å². The molecule has 31 heavy (non-hydrogen) atoms. The predicted molar refractivity (Wildman–Crippen MR) is 124 cm³/mol. The predicted octanol–water partition coefficient (Wildman–Crippen LogP) is 5.06. The molecule has 6 heteroatoms. The lowest BCUT2D eigenvalue weighted by Crippen LogP contribution is -2.25. The van der Waals surface area contributed by atoms with Crippen LogP contribution in [0.4, 0.5) is 11.4 Å². The number of para-hydroxylation sites is 1. The summed E-state index contributed by atoms with van der Waals surface area (Å²) >= 11 is 0. The van der Waals surface area contributed by atoms with Crippen molar-refractivity contribution in [2.75, 3.05) is 23.7 Å². The molecule has 0 bridgehead atoms. The normalized spacial score (nSPS) is 10.2. The standard InChI is InChI=1S/C25H27N3O3/c1-2-3-16-26-25(30)19-8-7-9-21(17-19)28-24(29)18-27-20-12-14-23(15-13-20)31-22-10-5-4-6-11-22/h4-15,17,27H,2-3,16,18H2,1H3,(H,26,30)(H,28,29). The molecule has 0 unspecified atom stereocenters. The van der Waals surface area contributed by atoms with E-state index in [9.17, 15) is 9.59 Å². The first-order valence-corrected chi connectivity index (χ1v) is 10.4. The minimum absolute atomic E-state index is 0.103. The number of carbonyl (C=O) groups is 2. The first-order valence-electron chi connectivity index (χ1n) is 10.4. The van der Waals surface area contributed by atoms with E-state index in [0.717, 1.165) is 30.0 Å². The van der Waals surface area contributed by atoms with E-state index in [4.69, 9.17) is 4.74 Å². The highest BCUT2D eigenvalue weighted by Gasteiger charge is 2.08. The van der Waals surface area contributed by atoms with Crippen molar-refractivity contribution in [3.05, 3.63) is 84.4 Å². The summed E-state index contributed by atoms with van der Waals surface area (Å²) in [6.07, 6.45) is 1.96. The monoisotopic (exact) mass is 417 g/mol. The molecule has 0 aliphatic heterocycles. The molecule has 3 aromatic carbocycles. The largest absolute Gasteiger partial charge is 0.457 e. The van der Waals surface area contributed by atoms with E-state index in [1.54, 1.807) is 24.3 Å². The number of hydrogen-bond donors (Lipinski definition) is 3. The van der Waals surface area contributed by atoms with Crippen molar-refractivity contribution in [2.45, 2.75) is 19.8 Å². The van der Waals surface area contributed by atoms with Gasteiger partial charge in [0.25, 0.3) is 5.91 Å². The maximum absolute atomic E-state index is 12.3. The van der Waals surface area contributed by atoms with Gasteiger partial charge in [-0.3, -0.25) is 9.59 Å². The van der Waals surface area contributed by atoms with Crippen LogP contribution in [-0.4, -0.2) is 24.9 Å². The van der Waals surface area contributed by atoms with Gasteiger partial charge in [0.05, 0.1) is 6.54 Å². The quantitative estimate of drug-likeness (QED) is 0.403.